The number of methoxy groups -OCH3 is 5. The molecule has 6 nitrogen and oxygen atoms in total. The Morgan fingerprint density at radius 3 is 1.79 bits per heavy atom. The predicted octanol–water partition coefficient (Wildman–Crippen LogP) is 3.74. The van der Waals surface area contributed by atoms with Crippen molar-refractivity contribution in [3.63, 3.8) is 0 Å². The van der Waals surface area contributed by atoms with Gasteiger partial charge in [0.1, 0.15) is 0 Å². The maximum absolute atomic E-state index is 5.55. The minimum atomic E-state index is -0.0995. The number of nitrogens with one attached hydrogen (secondary N) is 1. The molecule has 1 atom stereocenters. The van der Waals surface area contributed by atoms with Gasteiger partial charge in [-0.15, -0.1) is 0 Å². The van der Waals surface area contributed by atoms with Crippen molar-refractivity contribution in [3.05, 3.63) is 41.0 Å². The fraction of sp³-hybridized carbons (Fsp3) is 0.455. The van der Waals surface area contributed by atoms with Gasteiger partial charge in [-0.1, -0.05) is 0 Å². The van der Waals surface area contributed by atoms with E-state index in [2.05, 4.69) is 25.2 Å². The largest absolute Gasteiger partial charge is 0.493 e. The summed E-state index contributed by atoms with van der Waals surface area (Å²) in [5.74, 6) is 3.28. The zero-order valence-corrected chi connectivity index (χ0v) is 17.6. The van der Waals surface area contributed by atoms with E-state index in [1.54, 1.807) is 35.5 Å². The second-order valence-electron chi connectivity index (χ2n) is 7.50. The van der Waals surface area contributed by atoms with Gasteiger partial charge in [-0.2, -0.15) is 0 Å². The Balaban J connectivity index is 2.20. The minimum Gasteiger partial charge on any atom is -0.493 e. The molecule has 1 aliphatic rings. The number of rotatable bonds is 6. The summed E-state index contributed by atoms with van der Waals surface area (Å²) < 4.78 is 27.6. The van der Waals surface area contributed by atoms with Crippen molar-refractivity contribution in [2.24, 2.45) is 0 Å². The van der Waals surface area contributed by atoms with Crippen LogP contribution >= 0.6 is 0 Å². The molecule has 1 aliphatic heterocycles. The van der Waals surface area contributed by atoms with Gasteiger partial charge in [-0.05, 0) is 61.2 Å². The smallest absolute Gasteiger partial charge is 0.203 e. The minimum absolute atomic E-state index is 0.0627. The highest BCUT2D eigenvalue weighted by atomic mass is 16.5. The number of fused-ring (bicyclic) bond motifs is 1. The zero-order chi connectivity index (χ0) is 20.5. The molecule has 28 heavy (non-hydrogen) atoms. The molecule has 0 amide bonds. The molecule has 0 radical (unpaired) electrons. The van der Waals surface area contributed by atoms with Gasteiger partial charge >= 0.3 is 0 Å². The highest BCUT2D eigenvalue weighted by Gasteiger charge is 2.34. The van der Waals surface area contributed by atoms with E-state index in [1.807, 2.05) is 18.2 Å². The van der Waals surface area contributed by atoms with Crippen LogP contribution in [0, 0.1) is 0 Å². The summed E-state index contributed by atoms with van der Waals surface area (Å²) in [7, 11) is 8.17. The van der Waals surface area contributed by atoms with E-state index >= 15 is 0 Å². The van der Waals surface area contributed by atoms with E-state index < -0.39 is 0 Å². The van der Waals surface area contributed by atoms with Crippen molar-refractivity contribution in [1.29, 1.82) is 0 Å². The Labute approximate surface area is 166 Å². The van der Waals surface area contributed by atoms with Gasteiger partial charge in [-0.25, -0.2) is 0 Å². The van der Waals surface area contributed by atoms with Crippen LogP contribution in [0.4, 0.5) is 0 Å². The molecular weight excluding hydrogens is 358 g/mol. The number of ether oxygens (including phenoxy) is 5. The van der Waals surface area contributed by atoms with E-state index in [1.165, 1.54) is 5.56 Å². The van der Waals surface area contributed by atoms with Crippen molar-refractivity contribution in [1.82, 2.24) is 5.32 Å². The average Bonchev–Trinajstić information content (AvgIpc) is 2.70. The molecule has 0 bridgehead atoms. The van der Waals surface area contributed by atoms with Crippen LogP contribution in [-0.2, 0) is 6.42 Å². The molecule has 0 unspecified atom stereocenters. The topological polar surface area (TPSA) is 58.2 Å². The third-order valence-electron chi connectivity index (χ3n) is 5.14. The first kappa shape index (κ1) is 20.1. The average molecular weight is 387 g/mol. The Morgan fingerprint density at radius 1 is 0.750 bits per heavy atom. The molecule has 1 N–H and O–H groups in total. The lowest BCUT2D eigenvalue weighted by Gasteiger charge is -2.39. The fourth-order valence-corrected chi connectivity index (χ4v) is 3.89. The van der Waals surface area contributed by atoms with Crippen LogP contribution in [0.3, 0.4) is 0 Å². The molecule has 1 heterocycles. The zero-order valence-electron chi connectivity index (χ0n) is 17.6. The van der Waals surface area contributed by atoms with Crippen molar-refractivity contribution < 1.29 is 23.7 Å². The molecule has 0 saturated heterocycles. The normalized spacial score (nSPS) is 17.5. The van der Waals surface area contributed by atoms with E-state index in [9.17, 15) is 0 Å². The van der Waals surface area contributed by atoms with E-state index in [-0.39, 0.29) is 11.6 Å². The fourth-order valence-electron chi connectivity index (χ4n) is 3.89. The van der Waals surface area contributed by atoms with Gasteiger partial charge in [-0.3, -0.25) is 0 Å². The third kappa shape index (κ3) is 3.56. The van der Waals surface area contributed by atoms with E-state index in [0.29, 0.717) is 23.0 Å². The second kappa shape index (κ2) is 7.80. The molecule has 152 valence electrons. The SMILES string of the molecule is COc1cc2c(cc1OC)[C@H](c1cc(OC)c(OC)c(OC)c1)NC(C)(C)C2. The Morgan fingerprint density at radius 2 is 1.29 bits per heavy atom. The Hall–Kier alpha value is -2.60. The summed E-state index contributed by atoms with van der Waals surface area (Å²) in [4.78, 5) is 0. The molecule has 3 rings (SSSR count). The van der Waals surface area contributed by atoms with Crippen LogP contribution in [0.5, 0.6) is 28.7 Å². The molecule has 2 aromatic rings. The van der Waals surface area contributed by atoms with Crippen molar-refractivity contribution in [3.8, 4) is 28.7 Å². The van der Waals surface area contributed by atoms with Crippen LogP contribution in [0.15, 0.2) is 24.3 Å². The van der Waals surface area contributed by atoms with Crippen LogP contribution in [0.1, 0.15) is 36.6 Å². The lowest BCUT2D eigenvalue weighted by Crippen LogP contribution is -2.47. The van der Waals surface area contributed by atoms with Gasteiger partial charge in [0.15, 0.2) is 23.0 Å². The summed E-state index contributed by atoms with van der Waals surface area (Å²) in [6.07, 6.45) is 0.879. The van der Waals surface area contributed by atoms with Crippen LogP contribution in [0.25, 0.3) is 0 Å². The summed E-state index contributed by atoms with van der Waals surface area (Å²) in [5.41, 5.74) is 3.29. The third-order valence-corrected chi connectivity index (χ3v) is 5.14. The van der Waals surface area contributed by atoms with Crippen LogP contribution < -0.4 is 29.0 Å². The molecule has 0 aliphatic carbocycles. The highest BCUT2D eigenvalue weighted by Crippen LogP contribution is 2.45. The Bertz CT molecular complexity index is 837. The van der Waals surface area contributed by atoms with Crippen molar-refractivity contribution >= 4 is 0 Å². The van der Waals surface area contributed by atoms with Gasteiger partial charge in [0.2, 0.25) is 5.75 Å². The lowest BCUT2D eigenvalue weighted by atomic mass is 9.81. The van der Waals surface area contributed by atoms with E-state index in [0.717, 1.165) is 23.3 Å². The number of hydrogen-bond acceptors (Lipinski definition) is 6. The second-order valence-corrected chi connectivity index (χ2v) is 7.50. The Kier molecular flexibility index (Phi) is 5.61. The standard InChI is InChI=1S/C22H29NO5/c1-22(2)12-14-10-16(24-3)17(25-4)11-15(14)20(23-22)13-8-18(26-5)21(28-7)19(9-13)27-6/h8-11,20,23H,12H2,1-7H3/t20-/m0/s1. The maximum Gasteiger partial charge on any atom is 0.203 e. The molecule has 2 aromatic carbocycles. The van der Waals surface area contributed by atoms with Gasteiger partial charge < -0.3 is 29.0 Å². The van der Waals surface area contributed by atoms with E-state index in [4.69, 9.17) is 23.7 Å². The molecule has 6 heteroatoms. The maximum atomic E-state index is 5.55. The monoisotopic (exact) mass is 387 g/mol. The number of benzene rings is 2. The molecule has 0 fully saturated rings. The first-order valence-corrected chi connectivity index (χ1v) is 9.19. The summed E-state index contributed by atoms with van der Waals surface area (Å²) in [6.45, 7) is 4.38. The highest BCUT2D eigenvalue weighted by molar-refractivity contribution is 5.58. The molecule has 0 aromatic heterocycles. The molecule has 0 spiro atoms. The molecular formula is C22H29NO5. The van der Waals surface area contributed by atoms with Crippen LogP contribution in [0.2, 0.25) is 0 Å². The summed E-state index contributed by atoms with van der Waals surface area (Å²) in [6, 6.07) is 8.03. The van der Waals surface area contributed by atoms with Gasteiger partial charge in [0, 0.05) is 5.54 Å². The van der Waals surface area contributed by atoms with Crippen molar-refractivity contribution in [2.75, 3.05) is 35.5 Å². The predicted molar refractivity (Wildman–Crippen MR) is 108 cm³/mol. The molecule has 0 saturated carbocycles. The quantitative estimate of drug-likeness (QED) is 0.815. The van der Waals surface area contributed by atoms with Crippen molar-refractivity contribution in [2.45, 2.75) is 31.8 Å². The van der Waals surface area contributed by atoms with Crippen LogP contribution in [-0.4, -0.2) is 41.1 Å². The summed E-state index contributed by atoms with van der Waals surface area (Å²) in [5, 5.41) is 3.75. The summed E-state index contributed by atoms with van der Waals surface area (Å²) >= 11 is 0. The lowest BCUT2D eigenvalue weighted by molar-refractivity contribution is 0.314. The first-order valence-electron chi connectivity index (χ1n) is 9.19. The van der Waals surface area contributed by atoms with Gasteiger partial charge in [0.05, 0.1) is 41.6 Å². The van der Waals surface area contributed by atoms with Gasteiger partial charge in [0.25, 0.3) is 0 Å². The number of hydrogen-bond donors (Lipinski definition) is 1. The first-order chi connectivity index (χ1) is 13.4.